The Balaban J connectivity index is 4.26. The summed E-state index contributed by atoms with van der Waals surface area (Å²) in [6, 6.07) is 0. The van der Waals surface area contributed by atoms with Crippen LogP contribution in [-0.2, 0) is 28.6 Å². The van der Waals surface area contributed by atoms with E-state index < -0.39 is 6.10 Å². The number of ether oxygens (including phenoxy) is 3. The highest BCUT2D eigenvalue weighted by molar-refractivity contribution is 5.71. The maximum atomic E-state index is 12.8. The molecule has 1 atom stereocenters. The molecule has 0 rings (SSSR count). The Morgan fingerprint density at radius 1 is 0.317 bits per heavy atom. The average molecular weight is 849 g/mol. The van der Waals surface area contributed by atoms with Gasteiger partial charge in [0.2, 0.25) is 0 Å². The molecule has 60 heavy (non-hydrogen) atoms. The van der Waals surface area contributed by atoms with E-state index in [0.717, 1.165) is 63.7 Å². The molecular weight excluding hydrogens is 745 g/mol. The first-order valence-electron chi connectivity index (χ1n) is 26.9. The summed E-state index contributed by atoms with van der Waals surface area (Å²) in [4.78, 5) is 37.9. The molecule has 0 fully saturated rings. The Bertz CT molecular complexity index is 903. The van der Waals surface area contributed by atoms with Gasteiger partial charge >= 0.3 is 17.9 Å². The highest BCUT2D eigenvalue weighted by atomic mass is 16.6. The zero-order valence-corrected chi connectivity index (χ0v) is 40.9. The van der Waals surface area contributed by atoms with Gasteiger partial charge in [-0.15, -0.1) is 0 Å². The standard InChI is InChI=1S/C54H104O6/c1-5-7-9-11-13-15-17-18-19-20-21-22-23-26-31-35-39-43-47-54(57)60-51(48-58-52(55)45-41-37-33-29-16-14-12-10-8-6-2)49-59-53(56)46-42-38-34-30-27-24-25-28-32-36-40-44-50(3)4/h50-51H,5-49H2,1-4H3/t51-/m1/s1. The van der Waals surface area contributed by atoms with Crippen LogP contribution in [0.5, 0.6) is 0 Å². The van der Waals surface area contributed by atoms with E-state index >= 15 is 0 Å². The third-order valence-electron chi connectivity index (χ3n) is 12.3. The minimum atomic E-state index is -0.760. The Hall–Kier alpha value is -1.59. The lowest BCUT2D eigenvalue weighted by atomic mass is 10.0. The zero-order chi connectivity index (χ0) is 43.8. The highest BCUT2D eigenvalue weighted by Crippen LogP contribution is 2.17. The lowest BCUT2D eigenvalue weighted by Crippen LogP contribution is -2.30. The molecule has 356 valence electrons. The van der Waals surface area contributed by atoms with Crippen LogP contribution in [0.4, 0.5) is 0 Å². The van der Waals surface area contributed by atoms with Crippen molar-refractivity contribution in [3.05, 3.63) is 0 Å². The van der Waals surface area contributed by atoms with Crippen molar-refractivity contribution in [1.29, 1.82) is 0 Å². The topological polar surface area (TPSA) is 78.9 Å². The van der Waals surface area contributed by atoms with E-state index in [-0.39, 0.29) is 31.1 Å². The quantitative estimate of drug-likeness (QED) is 0.0345. The maximum absolute atomic E-state index is 12.8. The largest absolute Gasteiger partial charge is 0.462 e. The fourth-order valence-corrected chi connectivity index (χ4v) is 8.22. The molecule has 0 aromatic heterocycles. The van der Waals surface area contributed by atoms with Crippen LogP contribution in [0, 0.1) is 5.92 Å². The van der Waals surface area contributed by atoms with E-state index in [2.05, 4.69) is 27.7 Å². The van der Waals surface area contributed by atoms with Gasteiger partial charge in [-0.1, -0.05) is 265 Å². The number of hydrogen-bond acceptors (Lipinski definition) is 6. The van der Waals surface area contributed by atoms with Crippen LogP contribution in [0.1, 0.15) is 304 Å². The van der Waals surface area contributed by atoms with Gasteiger partial charge in [-0.2, -0.15) is 0 Å². The Labute approximate surface area is 374 Å². The summed E-state index contributed by atoms with van der Waals surface area (Å²) in [6.07, 6.45) is 50.9. The second kappa shape index (κ2) is 48.4. The van der Waals surface area contributed by atoms with Crippen molar-refractivity contribution in [1.82, 2.24) is 0 Å². The number of esters is 3. The van der Waals surface area contributed by atoms with E-state index in [1.54, 1.807) is 0 Å². The van der Waals surface area contributed by atoms with Gasteiger partial charge in [-0.05, 0) is 25.2 Å². The van der Waals surface area contributed by atoms with E-state index in [4.69, 9.17) is 14.2 Å². The molecule has 0 saturated heterocycles. The highest BCUT2D eigenvalue weighted by Gasteiger charge is 2.19. The first-order valence-corrected chi connectivity index (χ1v) is 26.9. The summed E-state index contributed by atoms with van der Waals surface area (Å²) in [6.45, 7) is 9.02. The lowest BCUT2D eigenvalue weighted by Gasteiger charge is -2.18. The van der Waals surface area contributed by atoms with Crippen molar-refractivity contribution in [2.45, 2.75) is 310 Å². The SMILES string of the molecule is CCCCCCCCCCCCCCCCCCCCC(=O)O[C@H](COC(=O)CCCCCCCCCCCC)COC(=O)CCCCCCCCCCCCCC(C)C. The van der Waals surface area contributed by atoms with Gasteiger partial charge in [0.05, 0.1) is 0 Å². The number of rotatable bonds is 49. The predicted molar refractivity (Wildman–Crippen MR) is 257 cm³/mol. The van der Waals surface area contributed by atoms with Crippen molar-refractivity contribution in [3.8, 4) is 0 Å². The van der Waals surface area contributed by atoms with Crippen LogP contribution in [0.15, 0.2) is 0 Å². The molecule has 0 saturated carbocycles. The van der Waals surface area contributed by atoms with Crippen molar-refractivity contribution < 1.29 is 28.6 Å². The number of unbranched alkanes of at least 4 members (excludes halogenated alkanes) is 36. The maximum Gasteiger partial charge on any atom is 0.306 e. The normalized spacial score (nSPS) is 11.9. The van der Waals surface area contributed by atoms with Gasteiger partial charge in [0, 0.05) is 19.3 Å². The van der Waals surface area contributed by atoms with Crippen molar-refractivity contribution in [3.63, 3.8) is 0 Å². The molecule has 0 aliphatic rings. The first-order chi connectivity index (χ1) is 29.4. The van der Waals surface area contributed by atoms with Gasteiger partial charge < -0.3 is 14.2 Å². The molecule has 0 unspecified atom stereocenters. The second-order valence-corrected chi connectivity index (χ2v) is 19.0. The molecule has 6 nitrogen and oxygen atoms in total. The van der Waals surface area contributed by atoms with Crippen LogP contribution in [0.3, 0.4) is 0 Å². The van der Waals surface area contributed by atoms with Crippen LogP contribution in [0.25, 0.3) is 0 Å². The van der Waals surface area contributed by atoms with Crippen LogP contribution in [0.2, 0.25) is 0 Å². The van der Waals surface area contributed by atoms with Crippen LogP contribution in [-0.4, -0.2) is 37.2 Å². The van der Waals surface area contributed by atoms with Crippen LogP contribution < -0.4 is 0 Å². The summed E-state index contributed by atoms with van der Waals surface area (Å²) in [5.74, 6) is -0.0167. The van der Waals surface area contributed by atoms with Crippen molar-refractivity contribution >= 4 is 17.9 Å². The molecule has 0 bridgehead atoms. The summed E-state index contributed by atoms with van der Waals surface area (Å²) in [7, 11) is 0. The summed E-state index contributed by atoms with van der Waals surface area (Å²) < 4.78 is 16.8. The number of hydrogen-bond donors (Lipinski definition) is 0. The minimum Gasteiger partial charge on any atom is -0.462 e. The Morgan fingerprint density at radius 2 is 0.550 bits per heavy atom. The van der Waals surface area contributed by atoms with Gasteiger partial charge in [0.25, 0.3) is 0 Å². The summed E-state index contributed by atoms with van der Waals surface area (Å²) >= 11 is 0. The number of carbonyl (C=O) groups excluding carboxylic acids is 3. The van der Waals surface area contributed by atoms with E-state index in [0.29, 0.717) is 19.3 Å². The molecule has 0 spiro atoms. The zero-order valence-electron chi connectivity index (χ0n) is 40.9. The Morgan fingerprint density at radius 3 is 0.817 bits per heavy atom. The van der Waals surface area contributed by atoms with Gasteiger partial charge in [0.1, 0.15) is 13.2 Å². The minimum absolute atomic E-state index is 0.0628. The van der Waals surface area contributed by atoms with Crippen LogP contribution >= 0.6 is 0 Å². The second-order valence-electron chi connectivity index (χ2n) is 19.0. The molecule has 6 heteroatoms. The first kappa shape index (κ1) is 58.4. The fourth-order valence-electron chi connectivity index (χ4n) is 8.22. The molecule has 0 aromatic rings. The monoisotopic (exact) mass is 849 g/mol. The van der Waals surface area contributed by atoms with Crippen molar-refractivity contribution in [2.75, 3.05) is 13.2 Å². The third kappa shape index (κ3) is 47.5. The average Bonchev–Trinajstić information content (AvgIpc) is 3.23. The molecule has 0 aromatic carbocycles. The summed E-state index contributed by atoms with van der Waals surface area (Å²) in [5.41, 5.74) is 0. The van der Waals surface area contributed by atoms with Gasteiger partial charge in [0.15, 0.2) is 6.10 Å². The van der Waals surface area contributed by atoms with Gasteiger partial charge in [-0.3, -0.25) is 14.4 Å². The van der Waals surface area contributed by atoms with E-state index in [1.165, 1.54) is 199 Å². The Kier molecular flexibility index (Phi) is 47.2. The van der Waals surface area contributed by atoms with E-state index in [1.807, 2.05) is 0 Å². The number of carbonyl (C=O) groups is 3. The smallest absolute Gasteiger partial charge is 0.306 e. The molecule has 0 heterocycles. The lowest BCUT2D eigenvalue weighted by molar-refractivity contribution is -0.167. The molecule has 0 amide bonds. The van der Waals surface area contributed by atoms with Crippen molar-refractivity contribution in [2.24, 2.45) is 5.92 Å². The van der Waals surface area contributed by atoms with E-state index in [9.17, 15) is 14.4 Å². The molecule has 0 N–H and O–H groups in total. The van der Waals surface area contributed by atoms with Gasteiger partial charge in [-0.25, -0.2) is 0 Å². The fraction of sp³-hybridized carbons (Fsp3) is 0.944. The summed E-state index contributed by atoms with van der Waals surface area (Å²) in [5, 5.41) is 0. The molecule has 0 aliphatic carbocycles. The third-order valence-corrected chi connectivity index (χ3v) is 12.3. The molecule has 0 radical (unpaired) electrons. The molecular formula is C54H104O6. The molecule has 0 aliphatic heterocycles. The predicted octanol–water partition coefficient (Wildman–Crippen LogP) is 17.5.